The largest absolute Gasteiger partial charge is 0.379 e. The van der Waals surface area contributed by atoms with Crippen molar-refractivity contribution in [2.45, 2.75) is 0 Å². The zero-order valence-corrected chi connectivity index (χ0v) is 13.6. The van der Waals surface area contributed by atoms with Crippen molar-refractivity contribution in [1.82, 2.24) is 5.48 Å². The van der Waals surface area contributed by atoms with E-state index in [-0.39, 0.29) is 5.69 Å². The third-order valence-electron chi connectivity index (χ3n) is 3.52. The Balaban J connectivity index is 1.57. The van der Waals surface area contributed by atoms with Crippen LogP contribution in [0, 0.1) is 10.1 Å². The summed E-state index contributed by atoms with van der Waals surface area (Å²) in [7, 11) is 0. The van der Waals surface area contributed by atoms with E-state index in [2.05, 4.69) is 10.8 Å². The van der Waals surface area contributed by atoms with E-state index in [0.29, 0.717) is 11.3 Å². The van der Waals surface area contributed by atoms with Crippen molar-refractivity contribution < 1.29 is 14.6 Å². The van der Waals surface area contributed by atoms with Gasteiger partial charge in [0, 0.05) is 29.1 Å². The van der Waals surface area contributed by atoms with Gasteiger partial charge in [0.2, 0.25) is 0 Å². The van der Waals surface area contributed by atoms with E-state index in [4.69, 9.17) is 4.84 Å². The van der Waals surface area contributed by atoms with Crippen LogP contribution in [-0.4, -0.2) is 10.8 Å². The number of hydrogen-bond donors (Lipinski definition) is 2. The van der Waals surface area contributed by atoms with Gasteiger partial charge >= 0.3 is 0 Å². The second-order valence-electron chi connectivity index (χ2n) is 5.35. The Kier molecular flexibility index (Phi) is 5.09. The Hall–Kier alpha value is -3.87. The smallest absolute Gasteiger partial charge is 0.283 e. The molecule has 1 amide bonds. The molecule has 3 rings (SSSR count). The maximum Gasteiger partial charge on any atom is 0.283 e. The van der Waals surface area contributed by atoms with Gasteiger partial charge in [0.05, 0.1) is 4.92 Å². The number of non-ortho nitro benzene ring substituents is 1. The Morgan fingerprint density at radius 1 is 0.846 bits per heavy atom. The Bertz CT molecular complexity index is 894. The van der Waals surface area contributed by atoms with Crippen LogP contribution >= 0.6 is 0 Å². The van der Waals surface area contributed by atoms with Crippen molar-refractivity contribution >= 4 is 23.0 Å². The molecule has 7 nitrogen and oxygen atoms in total. The van der Waals surface area contributed by atoms with Crippen LogP contribution in [0.1, 0.15) is 10.4 Å². The number of hydrogen-bond acceptors (Lipinski definition) is 5. The van der Waals surface area contributed by atoms with E-state index < -0.39 is 10.8 Å². The number of carbonyl (C=O) groups excluding carboxylic acids is 1. The van der Waals surface area contributed by atoms with Gasteiger partial charge in [-0.2, -0.15) is 5.48 Å². The highest BCUT2D eigenvalue weighted by Crippen LogP contribution is 2.18. The molecule has 0 unspecified atom stereocenters. The quantitative estimate of drug-likeness (QED) is 0.517. The van der Waals surface area contributed by atoms with Crippen LogP contribution in [-0.2, 0) is 0 Å². The maximum absolute atomic E-state index is 12.1. The molecular weight excluding hydrogens is 334 g/mol. The molecule has 0 atom stereocenters. The first-order valence-electron chi connectivity index (χ1n) is 7.75. The zero-order chi connectivity index (χ0) is 18.4. The molecular formula is C19H15N3O4. The molecule has 3 aromatic rings. The third-order valence-corrected chi connectivity index (χ3v) is 3.52. The third kappa shape index (κ3) is 4.35. The van der Waals surface area contributed by atoms with Gasteiger partial charge in [-0.05, 0) is 48.5 Å². The number of anilines is 2. The first kappa shape index (κ1) is 17.0. The van der Waals surface area contributed by atoms with Crippen LogP contribution in [0.3, 0.4) is 0 Å². The molecule has 0 spiro atoms. The summed E-state index contributed by atoms with van der Waals surface area (Å²) in [5, 5.41) is 13.8. The summed E-state index contributed by atoms with van der Waals surface area (Å²) in [4.78, 5) is 27.3. The summed E-state index contributed by atoms with van der Waals surface area (Å²) in [6, 6.07) is 22.0. The summed E-state index contributed by atoms with van der Waals surface area (Å²) < 4.78 is 0. The van der Waals surface area contributed by atoms with E-state index in [1.165, 1.54) is 24.3 Å². The van der Waals surface area contributed by atoms with E-state index in [9.17, 15) is 14.9 Å². The van der Waals surface area contributed by atoms with E-state index in [1.54, 1.807) is 24.3 Å². The monoisotopic (exact) mass is 349 g/mol. The lowest BCUT2D eigenvalue weighted by atomic mass is 10.2. The number of para-hydroxylation sites is 1. The van der Waals surface area contributed by atoms with Crippen LogP contribution < -0.4 is 15.6 Å². The van der Waals surface area contributed by atoms with Crippen molar-refractivity contribution in [1.29, 1.82) is 0 Å². The molecule has 0 aliphatic heterocycles. The van der Waals surface area contributed by atoms with Gasteiger partial charge in [-0.15, -0.1) is 0 Å². The SMILES string of the molecule is O=C(NOc1ccc([N+](=O)[O-])cc1)c1ccc(Nc2ccccc2)cc1. The predicted molar refractivity (Wildman–Crippen MR) is 97.4 cm³/mol. The number of rotatable bonds is 6. The second kappa shape index (κ2) is 7.80. The molecule has 0 aromatic heterocycles. The normalized spacial score (nSPS) is 10.0. The molecule has 0 radical (unpaired) electrons. The number of hydroxylamine groups is 1. The van der Waals surface area contributed by atoms with Crippen molar-refractivity contribution in [3.8, 4) is 5.75 Å². The minimum atomic E-state index is -0.507. The molecule has 130 valence electrons. The van der Waals surface area contributed by atoms with Crippen LogP contribution in [0.4, 0.5) is 17.1 Å². The Morgan fingerprint density at radius 2 is 1.46 bits per heavy atom. The van der Waals surface area contributed by atoms with Gasteiger partial charge in [-0.1, -0.05) is 18.2 Å². The minimum absolute atomic E-state index is 0.0508. The zero-order valence-electron chi connectivity index (χ0n) is 13.6. The molecule has 3 aromatic carbocycles. The molecule has 2 N–H and O–H groups in total. The first-order chi connectivity index (χ1) is 12.6. The van der Waals surface area contributed by atoms with Gasteiger partial charge in [0.25, 0.3) is 11.6 Å². The highest BCUT2D eigenvalue weighted by Gasteiger charge is 2.08. The lowest BCUT2D eigenvalue weighted by molar-refractivity contribution is -0.384. The van der Waals surface area contributed by atoms with Gasteiger partial charge in [-0.3, -0.25) is 14.9 Å². The maximum atomic E-state index is 12.1. The fraction of sp³-hybridized carbons (Fsp3) is 0. The number of benzene rings is 3. The molecule has 0 fully saturated rings. The highest BCUT2D eigenvalue weighted by atomic mass is 16.7. The lowest BCUT2D eigenvalue weighted by Crippen LogP contribution is -2.26. The van der Waals surface area contributed by atoms with Crippen LogP contribution in [0.5, 0.6) is 5.75 Å². The fourth-order valence-electron chi connectivity index (χ4n) is 2.19. The summed E-state index contributed by atoms with van der Waals surface area (Å²) in [5.74, 6) is -0.124. The number of nitro benzene ring substituents is 1. The van der Waals surface area contributed by atoms with Crippen molar-refractivity contribution in [3.05, 3.63) is 94.5 Å². The molecule has 0 saturated heterocycles. The predicted octanol–water partition coefficient (Wildman–Crippen LogP) is 4.06. The van der Waals surface area contributed by atoms with Gasteiger partial charge in [-0.25, -0.2) is 0 Å². The Morgan fingerprint density at radius 3 is 2.08 bits per heavy atom. The summed E-state index contributed by atoms with van der Waals surface area (Å²) in [6.07, 6.45) is 0. The number of nitrogens with one attached hydrogen (secondary N) is 2. The fourth-order valence-corrected chi connectivity index (χ4v) is 2.19. The van der Waals surface area contributed by atoms with Gasteiger partial charge in [0.1, 0.15) is 0 Å². The molecule has 0 aliphatic rings. The number of nitrogens with zero attached hydrogens (tertiary/aromatic N) is 1. The van der Waals surface area contributed by atoms with E-state index in [1.807, 2.05) is 30.3 Å². The van der Waals surface area contributed by atoms with Crippen LogP contribution in [0.2, 0.25) is 0 Å². The molecule has 7 heteroatoms. The number of nitro groups is 1. The summed E-state index contributed by atoms with van der Waals surface area (Å²) in [5.41, 5.74) is 4.48. The summed E-state index contributed by atoms with van der Waals surface area (Å²) >= 11 is 0. The molecule has 0 heterocycles. The standard InChI is InChI=1S/C19H15N3O4/c23-19(21-26-18-12-10-17(11-13-18)22(24)25)14-6-8-16(9-7-14)20-15-4-2-1-3-5-15/h1-13,20H,(H,21,23). The number of amides is 1. The number of carbonyl (C=O) groups is 1. The van der Waals surface area contributed by atoms with Gasteiger partial charge < -0.3 is 10.2 Å². The lowest BCUT2D eigenvalue weighted by Gasteiger charge is -2.09. The molecule has 0 saturated carbocycles. The van der Waals surface area contributed by atoms with Crippen molar-refractivity contribution in [2.75, 3.05) is 5.32 Å². The summed E-state index contributed by atoms with van der Waals surface area (Å²) in [6.45, 7) is 0. The van der Waals surface area contributed by atoms with E-state index >= 15 is 0 Å². The molecule has 0 bridgehead atoms. The average Bonchev–Trinajstić information content (AvgIpc) is 2.68. The van der Waals surface area contributed by atoms with E-state index in [0.717, 1.165) is 11.4 Å². The average molecular weight is 349 g/mol. The minimum Gasteiger partial charge on any atom is -0.379 e. The molecule has 26 heavy (non-hydrogen) atoms. The first-order valence-corrected chi connectivity index (χ1v) is 7.75. The van der Waals surface area contributed by atoms with Crippen LogP contribution in [0.25, 0.3) is 0 Å². The Labute approximate surface area is 149 Å². The molecule has 0 aliphatic carbocycles. The highest BCUT2D eigenvalue weighted by molar-refractivity contribution is 5.94. The topological polar surface area (TPSA) is 93.5 Å². The van der Waals surface area contributed by atoms with Gasteiger partial charge in [0.15, 0.2) is 5.75 Å². The second-order valence-corrected chi connectivity index (χ2v) is 5.35. The van der Waals surface area contributed by atoms with Crippen molar-refractivity contribution in [2.24, 2.45) is 0 Å². The van der Waals surface area contributed by atoms with Crippen LogP contribution in [0.15, 0.2) is 78.9 Å². The van der Waals surface area contributed by atoms with Crippen molar-refractivity contribution in [3.63, 3.8) is 0 Å².